The van der Waals surface area contributed by atoms with Gasteiger partial charge in [0.25, 0.3) is 0 Å². The molecule has 0 atom stereocenters. The van der Waals surface area contributed by atoms with E-state index in [9.17, 15) is 0 Å². The summed E-state index contributed by atoms with van der Waals surface area (Å²) in [5.41, 5.74) is 18.1. The van der Waals surface area contributed by atoms with Crippen molar-refractivity contribution >= 4 is 70.6 Å². The fourth-order valence-corrected chi connectivity index (χ4v) is 11.5. The van der Waals surface area contributed by atoms with Crippen LogP contribution < -0.4 is 4.90 Å². The van der Waals surface area contributed by atoms with Crippen molar-refractivity contribution in [2.75, 3.05) is 4.90 Å². The first-order valence-electron chi connectivity index (χ1n) is 22.5. The van der Waals surface area contributed by atoms with E-state index in [4.69, 9.17) is 4.99 Å². The van der Waals surface area contributed by atoms with Gasteiger partial charge in [0.05, 0.1) is 11.4 Å². The predicted molar refractivity (Wildman–Crippen MR) is 275 cm³/mol. The number of fused-ring (bicyclic) bond motifs is 7. The first-order chi connectivity index (χ1) is 31.5. The molecule has 0 saturated heterocycles. The Bertz CT molecular complexity index is 3480. The normalized spacial score (nSPS) is 15.3. The van der Waals surface area contributed by atoms with Gasteiger partial charge >= 0.3 is 0 Å². The molecule has 2 heterocycles. The first kappa shape index (κ1) is 38.4. The molecule has 0 fully saturated rings. The van der Waals surface area contributed by atoms with Gasteiger partial charge in [-0.15, -0.1) is 11.3 Å². The van der Waals surface area contributed by atoms with Gasteiger partial charge in [0.1, 0.15) is 0 Å². The van der Waals surface area contributed by atoms with Crippen LogP contribution in [0.3, 0.4) is 0 Å². The van der Waals surface area contributed by atoms with Crippen LogP contribution in [0.1, 0.15) is 55.4 Å². The van der Waals surface area contributed by atoms with Crippen LogP contribution in [0.4, 0.5) is 17.1 Å². The minimum Gasteiger partial charge on any atom is -0.310 e. The highest BCUT2D eigenvalue weighted by atomic mass is 32.1. The molecule has 0 spiro atoms. The smallest absolute Gasteiger partial charge is 0.0708 e. The zero-order valence-electron chi connectivity index (χ0n) is 36.1. The number of allylic oxidation sites excluding steroid dienone is 6. The third-order valence-electron chi connectivity index (χ3n) is 13.6. The minimum absolute atomic E-state index is 0.109. The number of rotatable bonds is 7. The molecule has 12 rings (SSSR count). The van der Waals surface area contributed by atoms with E-state index in [1.54, 1.807) is 0 Å². The Hall–Kier alpha value is -7.33. The minimum atomic E-state index is -0.109. The average Bonchev–Trinajstić information content (AvgIpc) is 3.72. The molecule has 1 aliphatic heterocycles. The second kappa shape index (κ2) is 15.5. The van der Waals surface area contributed by atoms with Gasteiger partial charge in [-0.1, -0.05) is 172 Å². The predicted octanol–water partition coefficient (Wildman–Crippen LogP) is 17.1. The highest BCUT2D eigenvalue weighted by molar-refractivity contribution is 7.25. The molecular formula is C61H46N2S. The SMILES string of the molecule is CC1(C)c2ccccc2-c2ccc(N(c3ccc(-c4ccccc4)cc3)c3ccc4c(c3)sc3cccc(C5=CCC(c6cccc7ccccc67)=NC(C6=CCCC=C6)=C5)c34)cc21. The van der Waals surface area contributed by atoms with Crippen molar-refractivity contribution in [3.63, 3.8) is 0 Å². The van der Waals surface area contributed by atoms with Crippen LogP contribution in [-0.4, -0.2) is 5.71 Å². The summed E-state index contributed by atoms with van der Waals surface area (Å²) in [7, 11) is 0. The van der Waals surface area contributed by atoms with Gasteiger partial charge in [-0.3, -0.25) is 4.99 Å². The summed E-state index contributed by atoms with van der Waals surface area (Å²) in [6.07, 6.45) is 14.5. The number of hydrogen-bond donors (Lipinski definition) is 0. The first-order valence-corrected chi connectivity index (χ1v) is 23.3. The summed E-state index contributed by atoms with van der Waals surface area (Å²) in [6.45, 7) is 4.73. The highest BCUT2D eigenvalue weighted by Crippen LogP contribution is 2.51. The van der Waals surface area contributed by atoms with Gasteiger partial charge in [-0.25, -0.2) is 0 Å². The van der Waals surface area contributed by atoms with Crippen LogP contribution in [0.25, 0.3) is 58.8 Å². The largest absolute Gasteiger partial charge is 0.310 e. The number of thiophene rings is 1. The maximum atomic E-state index is 5.48. The number of anilines is 3. The van der Waals surface area contributed by atoms with Gasteiger partial charge in [-0.05, 0) is 122 Å². The van der Waals surface area contributed by atoms with Crippen molar-refractivity contribution in [2.24, 2.45) is 4.99 Å². The maximum Gasteiger partial charge on any atom is 0.0708 e. The van der Waals surface area contributed by atoms with E-state index in [1.165, 1.54) is 86.6 Å². The van der Waals surface area contributed by atoms with Crippen LogP contribution in [0.15, 0.2) is 223 Å². The summed E-state index contributed by atoms with van der Waals surface area (Å²) >= 11 is 1.88. The van der Waals surface area contributed by atoms with E-state index in [1.807, 2.05) is 11.3 Å². The summed E-state index contributed by atoms with van der Waals surface area (Å²) in [6, 6.07) is 64.9. The monoisotopic (exact) mass is 838 g/mol. The number of benzene rings is 8. The van der Waals surface area contributed by atoms with Gasteiger partial charge in [0.15, 0.2) is 0 Å². The molecule has 8 aromatic carbocycles. The van der Waals surface area contributed by atoms with Gasteiger partial charge in [-0.2, -0.15) is 0 Å². The fourth-order valence-electron chi connectivity index (χ4n) is 10.3. The molecule has 1 aromatic heterocycles. The fraction of sp³-hybridized carbons (Fsp3) is 0.0984. The van der Waals surface area contributed by atoms with Crippen molar-refractivity contribution in [3.8, 4) is 22.3 Å². The number of aliphatic imine (C=N–C) groups is 1. The lowest BCUT2D eigenvalue weighted by molar-refractivity contribution is 0.660. The quantitative estimate of drug-likeness (QED) is 0.156. The van der Waals surface area contributed by atoms with E-state index >= 15 is 0 Å². The van der Waals surface area contributed by atoms with Crippen molar-refractivity contribution in [3.05, 3.63) is 240 Å². The Morgan fingerprint density at radius 3 is 2.09 bits per heavy atom. The highest BCUT2D eigenvalue weighted by Gasteiger charge is 2.36. The summed E-state index contributed by atoms with van der Waals surface area (Å²) in [4.78, 5) is 7.93. The third kappa shape index (κ3) is 6.50. The van der Waals surface area contributed by atoms with E-state index in [0.717, 1.165) is 47.7 Å². The van der Waals surface area contributed by atoms with Crippen LogP contribution >= 0.6 is 11.3 Å². The Balaban J connectivity index is 0.984. The molecule has 3 aliphatic rings. The number of nitrogens with zero attached hydrogens (tertiary/aromatic N) is 2. The molecule has 9 aromatic rings. The van der Waals surface area contributed by atoms with Crippen molar-refractivity contribution in [2.45, 2.75) is 38.5 Å². The molecule has 0 saturated carbocycles. The molecule has 64 heavy (non-hydrogen) atoms. The van der Waals surface area contributed by atoms with Crippen molar-refractivity contribution < 1.29 is 0 Å². The Morgan fingerprint density at radius 1 is 0.516 bits per heavy atom. The summed E-state index contributed by atoms with van der Waals surface area (Å²) in [5.74, 6) is 0. The molecule has 2 nitrogen and oxygen atoms in total. The number of hydrogen-bond acceptors (Lipinski definition) is 3. The van der Waals surface area contributed by atoms with E-state index in [2.05, 4.69) is 225 Å². The third-order valence-corrected chi connectivity index (χ3v) is 14.7. The van der Waals surface area contributed by atoms with E-state index in [0.29, 0.717) is 0 Å². The average molecular weight is 839 g/mol. The standard InChI is InChI=1S/C61H46N2S/c1-61(2)54-25-12-11-22-50(54)51-34-32-46(38-55(51)61)63(45-30-27-41(28-31-45)40-15-5-3-6-16-40)47-33-35-53-59(39-47)64-58-26-14-23-49(60(53)58)44-29-36-56(62-57(37-44)43-18-7-4-8-19-43)52-24-13-20-42-17-9-10-21-48(42)52/h3,5-7,9-35,37-39H,4,8,36H2,1-2H3. The molecule has 0 radical (unpaired) electrons. The van der Waals surface area contributed by atoms with E-state index in [-0.39, 0.29) is 5.41 Å². The van der Waals surface area contributed by atoms with E-state index < -0.39 is 0 Å². The molecular weight excluding hydrogens is 793 g/mol. The second-order valence-electron chi connectivity index (χ2n) is 17.7. The van der Waals surface area contributed by atoms with Crippen molar-refractivity contribution in [1.29, 1.82) is 0 Å². The Morgan fingerprint density at radius 2 is 1.22 bits per heavy atom. The lowest BCUT2D eigenvalue weighted by Crippen LogP contribution is -2.16. The summed E-state index contributed by atoms with van der Waals surface area (Å²) in [5, 5.41) is 5.05. The molecule has 3 heteroatoms. The topological polar surface area (TPSA) is 15.6 Å². The molecule has 0 bridgehead atoms. The van der Waals surface area contributed by atoms with Gasteiger partial charge in [0.2, 0.25) is 0 Å². The molecule has 306 valence electrons. The maximum absolute atomic E-state index is 5.48. The van der Waals surface area contributed by atoms with Crippen LogP contribution in [-0.2, 0) is 5.41 Å². The Labute approximate surface area is 379 Å². The van der Waals surface area contributed by atoms with Crippen molar-refractivity contribution in [1.82, 2.24) is 0 Å². The van der Waals surface area contributed by atoms with Crippen LogP contribution in [0.2, 0.25) is 0 Å². The zero-order chi connectivity index (χ0) is 42.8. The molecule has 0 N–H and O–H groups in total. The molecule has 2 aliphatic carbocycles. The second-order valence-corrected chi connectivity index (χ2v) is 18.8. The van der Waals surface area contributed by atoms with Crippen LogP contribution in [0.5, 0.6) is 0 Å². The molecule has 0 amide bonds. The lowest BCUT2D eigenvalue weighted by Gasteiger charge is -2.28. The molecule has 0 unspecified atom stereocenters. The lowest BCUT2D eigenvalue weighted by atomic mass is 9.82. The van der Waals surface area contributed by atoms with Crippen LogP contribution in [0, 0.1) is 0 Å². The van der Waals surface area contributed by atoms with Gasteiger partial charge < -0.3 is 4.90 Å². The zero-order valence-corrected chi connectivity index (χ0v) is 36.9. The van der Waals surface area contributed by atoms with Gasteiger partial charge in [0, 0.05) is 54.6 Å². The Kier molecular flexibility index (Phi) is 9.28. The summed E-state index contributed by atoms with van der Waals surface area (Å²) < 4.78 is 2.55.